The lowest BCUT2D eigenvalue weighted by molar-refractivity contribution is -0.138. The smallest absolute Gasteiger partial charge is 0.317 e. The molecule has 17 heavy (non-hydrogen) atoms. The molecule has 0 bridgehead atoms. The zero-order valence-electron chi connectivity index (χ0n) is 11.1. The minimum absolute atomic E-state index is 0.119. The number of aliphatic hydroxyl groups excluding tert-OH is 1. The van der Waals surface area contributed by atoms with Crippen molar-refractivity contribution in [2.24, 2.45) is 0 Å². The number of nitrogens with zero attached hydrogens (tertiary/aromatic N) is 2. The first kappa shape index (κ1) is 16.4. The Morgan fingerprint density at radius 2 is 1.65 bits per heavy atom. The highest BCUT2D eigenvalue weighted by atomic mass is 16.4. The summed E-state index contributed by atoms with van der Waals surface area (Å²) < 4.78 is 0. The minimum atomic E-state index is -0.765. The third-order valence-corrected chi connectivity index (χ3v) is 2.60. The van der Waals surface area contributed by atoms with Crippen LogP contribution in [0.2, 0.25) is 0 Å². The first-order valence-electron chi connectivity index (χ1n) is 6.26. The summed E-state index contributed by atoms with van der Waals surface area (Å²) >= 11 is 0. The molecule has 0 saturated heterocycles. The SMILES string of the molecule is CN(C)CCN(CCCCCCO)CC(=O)O. The number of unbranched alkanes of at least 4 members (excludes halogenated alkanes) is 3. The largest absolute Gasteiger partial charge is 0.480 e. The number of likely N-dealkylation sites (N-methyl/N-ethyl adjacent to an activating group) is 1. The predicted octanol–water partition coefficient (Wildman–Crippen LogP) is 0.487. The van der Waals surface area contributed by atoms with Crippen molar-refractivity contribution in [1.82, 2.24) is 9.80 Å². The molecule has 0 aromatic carbocycles. The van der Waals surface area contributed by atoms with Crippen LogP contribution >= 0.6 is 0 Å². The molecule has 0 saturated carbocycles. The molecule has 5 nitrogen and oxygen atoms in total. The monoisotopic (exact) mass is 246 g/mol. The van der Waals surface area contributed by atoms with Crippen molar-refractivity contribution < 1.29 is 15.0 Å². The maximum Gasteiger partial charge on any atom is 0.317 e. The molecule has 0 aliphatic rings. The van der Waals surface area contributed by atoms with E-state index < -0.39 is 5.97 Å². The molecule has 0 aliphatic carbocycles. The lowest BCUT2D eigenvalue weighted by Crippen LogP contribution is -2.36. The molecule has 0 spiro atoms. The van der Waals surface area contributed by atoms with Gasteiger partial charge in [-0.25, -0.2) is 0 Å². The minimum Gasteiger partial charge on any atom is -0.480 e. The van der Waals surface area contributed by atoms with Gasteiger partial charge in [-0.05, 0) is 33.5 Å². The van der Waals surface area contributed by atoms with E-state index in [0.29, 0.717) is 0 Å². The number of aliphatic hydroxyl groups is 1. The van der Waals surface area contributed by atoms with Gasteiger partial charge in [0.05, 0.1) is 6.54 Å². The standard InChI is InChI=1S/C12H26N2O3/c1-13(2)8-9-14(11-12(16)17)7-5-3-4-6-10-15/h15H,3-11H2,1-2H3,(H,16,17). The maximum absolute atomic E-state index is 10.7. The third-order valence-electron chi connectivity index (χ3n) is 2.60. The quantitative estimate of drug-likeness (QED) is 0.519. The zero-order valence-corrected chi connectivity index (χ0v) is 11.1. The lowest BCUT2D eigenvalue weighted by Gasteiger charge is -2.22. The van der Waals surface area contributed by atoms with Crippen molar-refractivity contribution in [2.75, 3.05) is 46.9 Å². The van der Waals surface area contributed by atoms with Gasteiger partial charge >= 0.3 is 5.97 Å². The third kappa shape index (κ3) is 11.6. The second-order valence-corrected chi connectivity index (χ2v) is 4.61. The highest BCUT2D eigenvalue weighted by Gasteiger charge is 2.09. The molecule has 102 valence electrons. The van der Waals surface area contributed by atoms with Crippen molar-refractivity contribution >= 4 is 5.97 Å². The topological polar surface area (TPSA) is 64.0 Å². The summed E-state index contributed by atoms with van der Waals surface area (Å²) in [5.41, 5.74) is 0. The number of carboxylic acids is 1. The molecule has 0 aliphatic heterocycles. The van der Waals surface area contributed by atoms with Gasteiger partial charge in [-0.3, -0.25) is 9.69 Å². The molecule has 0 aromatic rings. The van der Waals surface area contributed by atoms with Gasteiger partial charge in [0, 0.05) is 19.7 Å². The molecule has 0 atom stereocenters. The van der Waals surface area contributed by atoms with Gasteiger partial charge in [-0.15, -0.1) is 0 Å². The number of aliphatic carboxylic acids is 1. The maximum atomic E-state index is 10.7. The van der Waals surface area contributed by atoms with Crippen molar-refractivity contribution in [1.29, 1.82) is 0 Å². The van der Waals surface area contributed by atoms with Gasteiger partial charge in [-0.1, -0.05) is 12.8 Å². The van der Waals surface area contributed by atoms with E-state index >= 15 is 0 Å². The Morgan fingerprint density at radius 3 is 2.18 bits per heavy atom. The fourth-order valence-electron chi connectivity index (χ4n) is 1.60. The number of carbonyl (C=O) groups is 1. The van der Waals surface area contributed by atoms with Gasteiger partial charge in [0.1, 0.15) is 0 Å². The fraction of sp³-hybridized carbons (Fsp3) is 0.917. The normalized spacial score (nSPS) is 11.4. The van der Waals surface area contributed by atoms with E-state index in [4.69, 9.17) is 10.2 Å². The summed E-state index contributed by atoms with van der Waals surface area (Å²) in [5.74, 6) is -0.765. The predicted molar refractivity (Wildman–Crippen MR) is 68.2 cm³/mol. The van der Waals surface area contributed by atoms with E-state index in [2.05, 4.69) is 4.90 Å². The van der Waals surface area contributed by atoms with Crippen LogP contribution in [0.5, 0.6) is 0 Å². The Bertz CT molecular complexity index is 198. The van der Waals surface area contributed by atoms with Gasteiger partial charge in [0.25, 0.3) is 0 Å². The summed E-state index contributed by atoms with van der Waals surface area (Å²) in [7, 11) is 3.97. The number of hydrogen-bond donors (Lipinski definition) is 2. The summed E-state index contributed by atoms with van der Waals surface area (Å²) in [6, 6.07) is 0. The Hall–Kier alpha value is -0.650. The van der Waals surface area contributed by atoms with E-state index in [9.17, 15) is 4.79 Å². The van der Waals surface area contributed by atoms with E-state index in [-0.39, 0.29) is 13.2 Å². The summed E-state index contributed by atoms with van der Waals surface area (Å²) in [6.07, 6.45) is 3.92. The highest BCUT2D eigenvalue weighted by molar-refractivity contribution is 5.69. The van der Waals surface area contributed by atoms with E-state index in [0.717, 1.165) is 45.3 Å². The van der Waals surface area contributed by atoms with Crippen LogP contribution in [0.25, 0.3) is 0 Å². The van der Waals surface area contributed by atoms with Crippen LogP contribution in [0.4, 0.5) is 0 Å². The van der Waals surface area contributed by atoms with Crippen LogP contribution in [0, 0.1) is 0 Å². The first-order chi connectivity index (χ1) is 8.06. The average Bonchev–Trinajstić information content (AvgIpc) is 2.24. The zero-order chi connectivity index (χ0) is 13.1. The molecule has 0 rings (SSSR count). The molecule has 0 unspecified atom stereocenters. The number of hydrogen-bond acceptors (Lipinski definition) is 4. The van der Waals surface area contributed by atoms with Crippen molar-refractivity contribution in [3.05, 3.63) is 0 Å². The van der Waals surface area contributed by atoms with Gasteiger partial charge in [0.15, 0.2) is 0 Å². The van der Waals surface area contributed by atoms with Crippen LogP contribution in [0.15, 0.2) is 0 Å². The fourth-order valence-corrected chi connectivity index (χ4v) is 1.60. The Balaban J connectivity index is 3.72. The molecular formula is C12H26N2O3. The molecule has 0 radical (unpaired) electrons. The van der Waals surface area contributed by atoms with Crippen LogP contribution in [0.1, 0.15) is 25.7 Å². The molecule has 2 N–H and O–H groups in total. The van der Waals surface area contributed by atoms with Gasteiger partial charge in [0.2, 0.25) is 0 Å². The number of carboxylic acid groups (broad SMARTS) is 1. The summed E-state index contributed by atoms with van der Waals surface area (Å²) in [5, 5.41) is 17.4. The lowest BCUT2D eigenvalue weighted by atomic mass is 10.2. The summed E-state index contributed by atoms with van der Waals surface area (Å²) in [4.78, 5) is 14.7. The van der Waals surface area contributed by atoms with Gasteiger partial charge in [-0.2, -0.15) is 0 Å². The van der Waals surface area contributed by atoms with Gasteiger partial charge < -0.3 is 15.1 Å². The van der Waals surface area contributed by atoms with Crippen molar-refractivity contribution in [3.8, 4) is 0 Å². The van der Waals surface area contributed by atoms with Crippen molar-refractivity contribution in [3.63, 3.8) is 0 Å². The highest BCUT2D eigenvalue weighted by Crippen LogP contribution is 2.01. The Labute approximate surface area is 104 Å². The Kier molecular flexibility index (Phi) is 10.1. The summed E-state index contributed by atoms with van der Waals surface area (Å²) in [6.45, 7) is 2.86. The van der Waals surface area contributed by atoms with Crippen LogP contribution < -0.4 is 0 Å². The van der Waals surface area contributed by atoms with Crippen LogP contribution in [-0.2, 0) is 4.79 Å². The molecule has 5 heteroatoms. The van der Waals surface area contributed by atoms with E-state index in [1.54, 1.807) is 0 Å². The molecule has 0 amide bonds. The molecule has 0 heterocycles. The molecular weight excluding hydrogens is 220 g/mol. The van der Waals surface area contributed by atoms with E-state index in [1.165, 1.54) is 0 Å². The molecule has 0 aromatic heterocycles. The average molecular weight is 246 g/mol. The second kappa shape index (κ2) is 10.5. The second-order valence-electron chi connectivity index (χ2n) is 4.61. The van der Waals surface area contributed by atoms with Crippen LogP contribution in [-0.4, -0.2) is 72.9 Å². The number of rotatable bonds is 11. The Morgan fingerprint density at radius 1 is 1.00 bits per heavy atom. The van der Waals surface area contributed by atoms with Crippen molar-refractivity contribution in [2.45, 2.75) is 25.7 Å². The molecule has 0 fully saturated rings. The van der Waals surface area contributed by atoms with Crippen LogP contribution in [0.3, 0.4) is 0 Å². The van der Waals surface area contributed by atoms with E-state index in [1.807, 2.05) is 19.0 Å². The first-order valence-corrected chi connectivity index (χ1v) is 6.26.